The van der Waals surface area contributed by atoms with Crippen molar-refractivity contribution in [3.05, 3.63) is 35.9 Å². The van der Waals surface area contributed by atoms with Crippen LogP contribution in [0.3, 0.4) is 0 Å². The first-order chi connectivity index (χ1) is 10.5. The first kappa shape index (κ1) is 16.5. The Kier molecular flexibility index (Phi) is 5.55. The van der Waals surface area contributed by atoms with E-state index in [9.17, 15) is 14.7 Å². The monoisotopic (exact) mass is 304 g/mol. The molecule has 1 heterocycles. The summed E-state index contributed by atoms with van der Waals surface area (Å²) in [6, 6.07) is 8.57. The Bertz CT molecular complexity index is 516. The van der Waals surface area contributed by atoms with Crippen LogP contribution < -0.4 is 5.32 Å². The molecule has 0 bridgehead atoms. The number of hydrogen-bond acceptors (Lipinski definition) is 3. The minimum atomic E-state index is -0.683. The van der Waals surface area contributed by atoms with Crippen molar-refractivity contribution in [1.29, 1.82) is 0 Å². The van der Waals surface area contributed by atoms with E-state index in [-0.39, 0.29) is 17.7 Å². The van der Waals surface area contributed by atoms with Crippen LogP contribution in [-0.2, 0) is 9.59 Å². The second-order valence-electron chi connectivity index (χ2n) is 6.24. The summed E-state index contributed by atoms with van der Waals surface area (Å²) < 4.78 is 0. The minimum absolute atomic E-state index is 0.128. The molecular weight excluding hydrogens is 280 g/mol. The molecule has 1 aromatic rings. The van der Waals surface area contributed by atoms with Crippen molar-refractivity contribution in [3.63, 3.8) is 0 Å². The van der Waals surface area contributed by atoms with Gasteiger partial charge in [0.15, 0.2) is 0 Å². The quantitative estimate of drug-likeness (QED) is 0.866. The number of hydrogen-bond donors (Lipinski definition) is 2. The maximum Gasteiger partial charge on any atom is 0.249 e. The molecule has 1 fully saturated rings. The molecule has 0 radical (unpaired) electrons. The SMILES string of the molecule is CC(C)CC(=O)NC(C(=O)N1CC[C@H](O)C1)c1ccccc1. The molecule has 1 aromatic carbocycles. The summed E-state index contributed by atoms with van der Waals surface area (Å²) >= 11 is 0. The molecule has 2 atom stereocenters. The second kappa shape index (κ2) is 7.40. The number of carbonyl (C=O) groups is 2. The fourth-order valence-electron chi connectivity index (χ4n) is 2.65. The van der Waals surface area contributed by atoms with Gasteiger partial charge in [-0.05, 0) is 17.9 Å². The van der Waals surface area contributed by atoms with Gasteiger partial charge in [-0.1, -0.05) is 44.2 Å². The highest BCUT2D eigenvalue weighted by molar-refractivity contribution is 5.89. The van der Waals surface area contributed by atoms with Gasteiger partial charge in [-0.3, -0.25) is 9.59 Å². The van der Waals surface area contributed by atoms with E-state index in [0.717, 1.165) is 5.56 Å². The summed E-state index contributed by atoms with van der Waals surface area (Å²) in [5.41, 5.74) is 0.769. The minimum Gasteiger partial charge on any atom is -0.391 e. The van der Waals surface area contributed by atoms with Crippen LogP contribution in [0, 0.1) is 5.92 Å². The molecule has 2 N–H and O–H groups in total. The lowest BCUT2D eigenvalue weighted by Gasteiger charge is -2.24. The van der Waals surface area contributed by atoms with Gasteiger partial charge in [0.1, 0.15) is 6.04 Å². The van der Waals surface area contributed by atoms with Gasteiger partial charge < -0.3 is 15.3 Å². The zero-order valence-electron chi connectivity index (χ0n) is 13.2. The highest BCUT2D eigenvalue weighted by atomic mass is 16.3. The van der Waals surface area contributed by atoms with Crippen LogP contribution in [0.5, 0.6) is 0 Å². The molecule has 5 nitrogen and oxygen atoms in total. The number of carbonyl (C=O) groups excluding carboxylic acids is 2. The summed E-state index contributed by atoms with van der Waals surface area (Å²) in [5, 5.41) is 12.5. The first-order valence-electron chi connectivity index (χ1n) is 7.78. The predicted octanol–water partition coefficient (Wildman–Crippen LogP) is 1.48. The number of nitrogens with one attached hydrogen (secondary N) is 1. The number of aliphatic hydroxyl groups is 1. The Morgan fingerprint density at radius 3 is 2.55 bits per heavy atom. The van der Waals surface area contributed by atoms with E-state index in [1.807, 2.05) is 44.2 Å². The number of likely N-dealkylation sites (tertiary alicyclic amines) is 1. The molecule has 1 unspecified atom stereocenters. The summed E-state index contributed by atoms with van der Waals surface area (Å²) in [6.45, 7) is 4.80. The zero-order chi connectivity index (χ0) is 16.1. The van der Waals surface area contributed by atoms with Crippen molar-refractivity contribution < 1.29 is 14.7 Å². The van der Waals surface area contributed by atoms with Gasteiger partial charge in [0.25, 0.3) is 0 Å². The molecular formula is C17H24N2O3. The highest BCUT2D eigenvalue weighted by Crippen LogP contribution is 2.20. The number of benzene rings is 1. The van der Waals surface area contributed by atoms with Gasteiger partial charge in [0.05, 0.1) is 6.10 Å². The molecule has 0 aromatic heterocycles. The maximum absolute atomic E-state index is 12.7. The largest absolute Gasteiger partial charge is 0.391 e. The van der Waals surface area contributed by atoms with Crippen LogP contribution in [-0.4, -0.2) is 41.0 Å². The average Bonchev–Trinajstić information content (AvgIpc) is 2.91. The van der Waals surface area contributed by atoms with Crippen LogP contribution in [0.2, 0.25) is 0 Å². The zero-order valence-corrected chi connectivity index (χ0v) is 13.2. The fraction of sp³-hybridized carbons (Fsp3) is 0.529. The Hall–Kier alpha value is -1.88. The molecule has 2 amide bonds. The maximum atomic E-state index is 12.7. The molecule has 1 aliphatic rings. The van der Waals surface area contributed by atoms with Gasteiger partial charge >= 0.3 is 0 Å². The summed E-state index contributed by atoms with van der Waals surface area (Å²) in [5.74, 6) is -0.0445. The van der Waals surface area contributed by atoms with Crippen LogP contribution in [0.1, 0.15) is 38.3 Å². The third kappa shape index (κ3) is 4.31. The average molecular weight is 304 g/mol. The molecule has 0 spiro atoms. The molecule has 1 saturated heterocycles. The van der Waals surface area contributed by atoms with Crippen LogP contribution in [0.25, 0.3) is 0 Å². The van der Waals surface area contributed by atoms with Gasteiger partial charge in [-0.25, -0.2) is 0 Å². The van der Waals surface area contributed by atoms with Crippen LogP contribution in [0.4, 0.5) is 0 Å². The van der Waals surface area contributed by atoms with E-state index in [2.05, 4.69) is 5.32 Å². The van der Waals surface area contributed by atoms with Crippen molar-refractivity contribution in [3.8, 4) is 0 Å². The molecule has 0 saturated carbocycles. The fourth-order valence-corrected chi connectivity index (χ4v) is 2.65. The van der Waals surface area contributed by atoms with Crippen molar-refractivity contribution in [2.75, 3.05) is 13.1 Å². The second-order valence-corrected chi connectivity index (χ2v) is 6.24. The molecule has 5 heteroatoms. The number of rotatable bonds is 5. The summed E-state index contributed by atoms with van der Waals surface area (Å²) in [7, 11) is 0. The van der Waals surface area contributed by atoms with Crippen LogP contribution in [0.15, 0.2) is 30.3 Å². The smallest absolute Gasteiger partial charge is 0.249 e. The summed E-state index contributed by atoms with van der Waals surface area (Å²) in [6.07, 6.45) is 0.513. The standard InChI is InChI=1S/C17H24N2O3/c1-12(2)10-15(21)18-16(13-6-4-3-5-7-13)17(22)19-9-8-14(20)11-19/h3-7,12,14,16,20H,8-11H2,1-2H3,(H,18,21)/t14-,16?/m0/s1. The predicted molar refractivity (Wildman–Crippen MR) is 84.0 cm³/mol. The number of amides is 2. The van der Waals surface area contributed by atoms with Gasteiger partial charge in [0.2, 0.25) is 11.8 Å². The number of aliphatic hydroxyl groups excluding tert-OH is 1. The van der Waals surface area contributed by atoms with E-state index >= 15 is 0 Å². The third-order valence-corrected chi connectivity index (χ3v) is 3.75. The Labute approximate surface area is 131 Å². The number of β-amino-alcohol motifs (C(OH)–C–C–N with tert-alkyl or cyclic N) is 1. The topological polar surface area (TPSA) is 69.6 Å². The lowest BCUT2D eigenvalue weighted by molar-refractivity contribution is -0.136. The van der Waals surface area contributed by atoms with Gasteiger partial charge in [-0.15, -0.1) is 0 Å². The van der Waals surface area contributed by atoms with Crippen molar-refractivity contribution in [2.24, 2.45) is 5.92 Å². The van der Waals surface area contributed by atoms with E-state index in [0.29, 0.717) is 25.9 Å². The molecule has 22 heavy (non-hydrogen) atoms. The Balaban J connectivity index is 2.14. The normalized spacial score (nSPS) is 19.3. The highest BCUT2D eigenvalue weighted by Gasteiger charge is 2.31. The third-order valence-electron chi connectivity index (χ3n) is 3.75. The lowest BCUT2D eigenvalue weighted by atomic mass is 10.0. The van der Waals surface area contributed by atoms with E-state index in [4.69, 9.17) is 0 Å². The van der Waals surface area contributed by atoms with E-state index in [1.165, 1.54) is 0 Å². The lowest BCUT2D eigenvalue weighted by Crippen LogP contribution is -2.42. The van der Waals surface area contributed by atoms with Crippen LogP contribution >= 0.6 is 0 Å². The molecule has 2 rings (SSSR count). The molecule has 120 valence electrons. The van der Waals surface area contributed by atoms with E-state index in [1.54, 1.807) is 4.90 Å². The number of nitrogens with zero attached hydrogens (tertiary/aromatic N) is 1. The molecule has 0 aliphatic carbocycles. The van der Waals surface area contributed by atoms with E-state index < -0.39 is 12.1 Å². The first-order valence-corrected chi connectivity index (χ1v) is 7.78. The summed E-state index contributed by atoms with van der Waals surface area (Å²) in [4.78, 5) is 26.4. The Morgan fingerprint density at radius 2 is 2.00 bits per heavy atom. The Morgan fingerprint density at radius 1 is 1.32 bits per heavy atom. The van der Waals surface area contributed by atoms with Gasteiger partial charge in [0, 0.05) is 19.5 Å². The van der Waals surface area contributed by atoms with Crippen molar-refractivity contribution in [2.45, 2.75) is 38.8 Å². The molecule has 1 aliphatic heterocycles. The van der Waals surface area contributed by atoms with Crippen molar-refractivity contribution in [1.82, 2.24) is 10.2 Å². The van der Waals surface area contributed by atoms with Crippen molar-refractivity contribution >= 4 is 11.8 Å². The van der Waals surface area contributed by atoms with Gasteiger partial charge in [-0.2, -0.15) is 0 Å².